The van der Waals surface area contributed by atoms with Crippen LogP contribution in [0.1, 0.15) is 18.3 Å². The molecule has 2 aromatic carbocycles. The summed E-state index contributed by atoms with van der Waals surface area (Å²) in [4.78, 5) is 4.35. The second kappa shape index (κ2) is 6.75. The van der Waals surface area contributed by atoms with Crippen LogP contribution in [0.25, 0.3) is 11.5 Å². The van der Waals surface area contributed by atoms with E-state index in [4.69, 9.17) is 16.1 Å². The van der Waals surface area contributed by atoms with E-state index in [0.29, 0.717) is 10.9 Å². The van der Waals surface area contributed by atoms with Crippen molar-refractivity contribution in [3.8, 4) is 11.5 Å². The van der Waals surface area contributed by atoms with E-state index in [2.05, 4.69) is 17.1 Å². The van der Waals surface area contributed by atoms with Crippen LogP contribution in [-0.2, 0) is 22.0 Å². The molecule has 24 heavy (non-hydrogen) atoms. The predicted molar refractivity (Wildman–Crippen MR) is 91.5 cm³/mol. The number of aryl methyl sites for hydroxylation is 1. The first kappa shape index (κ1) is 16.7. The number of halogens is 1. The Bertz CT molecular complexity index is 933. The molecule has 0 saturated heterocycles. The van der Waals surface area contributed by atoms with Crippen LogP contribution in [0.5, 0.6) is 0 Å². The molecule has 0 aliphatic rings. The first-order valence-corrected chi connectivity index (χ1v) is 9.41. The summed E-state index contributed by atoms with van der Waals surface area (Å²) in [6.07, 6.45) is 0.939. The maximum absolute atomic E-state index is 12.4. The quantitative estimate of drug-likeness (QED) is 0.687. The van der Waals surface area contributed by atoms with Gasteiger partial charge in [-0.2, -0.15) is 4.98 Å². The van der Waals surface area contributed by atoms with Crippen molar-refractivity contribution in [2.24, 2.45) is 0 Å². The van der Waals surface area contributed by atoms with E-state index >= 15 is 0 Å². The molecular weight excluding hydrogens is 348 g/mol. The molecule has 0 saturated carbocycles. The molecule has 0 aliphatic heterocycles. The minimum absolute atomic E-state index is 0.125. The van der Waals surface area contributed by atoms with Gasteiger partial charge in [0.2, 0.25) is 0 Å². The number of nitrogens with zero attached hydrogens (tertiary/aromatic N) is 2. The van der Waals surface area contributed by atoms with Crippen molar-refractivity contribution in [1.82, 2.24) is 10.1 Å². The summed E-state index contributed by atoms with van der Waals surface area (Å²) in [5.41, 5.74) is 1.96. The number of aromatic nitrogens is 2. The average Bonchev–Trinajstić information content (AvgIpc) is 3.03. The third-order valence-corrected chi connectivity index (χ3v) is 5.45. The predicted octanol–water partition coefficient (Wildman–Crippen LogP) is 3.93. The van der Waals surface area contributed by atoms with Crippen LogP contribution in [0.2, 0.25) is 5.02 Å². The summed E-state index contributed by atoms with van der Waals surface area (Å²) in [5, 5.41) is 4.25. The zero-order valence-corrected chi connectivity index (χ0v) is 14.5. The van der Waals surface area contributed by atoms with Crippen LogP contribution in [-0.4, -0.2) is 18.6 Å². The standard InChI is InChI=1S/C17H15ClN2O3S/c1-2-12-3-5-13(6-4-12)17-19-16(20-23-17)11-24(21,22)15-9-7-14(18)8-10-15/h3-10H,2,11H2,1H3. The van der Waals surface area contributed by atoms with Gasteiger partial charge < -0.3 is 4.52 Å². The first-order chi connectivity index (χ1) is 11.5. The molecule has 5 nitrogen and oxygen atoms in total. The van der Waals surface area contributed by atoms with E-state index in [0.717, 1.165) is 12.0 Å². The lowest BCUT2D eigenvalue weighted by Crippen LogP contribution is -2.06. The van der Waals surface area contributed by atoms with Crippen molar-refractivity contribution in [3.05, 3.63) is 64.9 Å². The second-order valence-corrected chi connectivity index (χ2v) is 7.71. The normalized spacial score (nSPS) is 11.6. The Balaban J connectivity index is 1.81. The SMILES string of the molecule is CCc1ccc(-c2nc(CS(=O)(=O)c3ccc(Cl)cc3)no2)cc1. The lowest BCUT2D eigenvalue weighted by molar-refractivity contribution is 0.424. The fraction of sp³-hybridized carbons (Fsp3) is 0.176. The smallest absolute Gasteiger partial charge is 0.257 e. The third kappa shape index (κ3) is 3.66. The second-order valence-electron chi connectivity index (χ2n) is 5.28. The van der Waals surface area contributed by atoms with Gasteiger partial charge in [-0.05, 0) is 48.4 Å². The highest BCUT2D eigenvalue weighted by Gasteiger charge is 2.19. The molecule has 0 amide bonds. The van der Waals surface area contributed by atoms with Crippen molar-refractivity contribution < 1.29 is 12.9 Å². The van der Waals surface area contributed by atoms with Crippen LogP contribution in [0, 0.1) is 0 Å². The van der Waals surface area contributed by atoms with Crippen molar-refractivity contribution in [2.75, 3.05) is 0 Å². The van der Waals surface area contributed by atoms with Crippen LogP contribution in [0.3, 0.4) is 0 Å². The molecule has 0 spiro atoms. The van der Waals surface area contributed by atoms with Gasteiger partial charge in [-0.15, -0.1) is 0 Å². The number of hydrogen-bond donors (Lipinski definition) is 0. The van der Waals surface area contributed by atoms with Crippen LogP contribution >= 0.6 is 11.6 Å². The molecule has 0 radical (unpaired) electrons. The van der Waals surface area contributed by atoms with Gasteiger partial charge in [-0.3, -0.25) is 0 Å². The molecule has 0 fully saturated rings. The Morgan fingerprint density at radius 3 is 2.33 bits per heavy atom. The van der Waals surface area contributed by atoms with Gasteiger partial charge in [0.25, 0.3) is 5.89 Å². The van der Waals surface area contributed by atoms with E-state index in [1.54, 1.807) is 0 Å². The minimum Gasteiger partial charge on any atom is -0.334 e. The van der Waals surface area contributed by atoms with Crippen LogP contribution in [0.15, 0.2) is 57.9 Å². The van der Waals surface area contributed by atoms with Crippen LogP contribution in [0.4, 0.5) is 0 Å². The van der Waals surface area contributed by atoms with Crippen LogP contribution < -0.4 is 0 Å². The number of benzene rings is 2. The molecule has 0 N–H and O–H groups in total. The zero-order chi connectivity index (χ0) is 17.2. The molecule has 0 bridgehead atoms. The Labute approximate surface area is 145 Å². The summed E-state index contributed by atoms with van der Waals surface area (Å²) < 4.78 is 29.9. The molecule has 0 atom stereocenters. The summed E-state index contributed by atoms with van der Waals surface area (Å²) in [5.74, 6) is 0.101. The molecule has 1 aromatic heterocycles. The highest BCUT2D eigenvalue weighted by molar-refractivity contribution is 7.90. The van der Waals surface area contributed by atoms with Crippen molar-refractivity contribution in [2.45, 2.75) is 24.0 Å². The summed E-state index contributed by atoms with van der Waals surface area (Å²) in [7, 11) is -3.55. The van der Waals surface area contributed by atoms with E-state index in [1.807, 2.05) is 24.3 Å². The topological polar surface area (TPSA) is 73.1 Å². The number of rotatable bonds is 5. The lowest BCUT2D eigenvalue weighted by Gasteiger charge is -2.01. The molecule has 0 unspecified atom stereocenters. The van der Waals surface area contributed by atoms with Gasteiger partial charge in [0, 0.05) is 10.6 Å². The minimum atomic E-state index is -3.55. The Hall–Kier alpha value is -2.18. The maximum Gasteiger partial charge on any atom is 0.257 e. The monoisotopic (exact) mass is 362 g/mol. The van der Waals surface area contributed by atoms with Gasteiger partial charge in [-0.1, -0.05) is 35.8 Å². The molecule has 124 valence electrons. The van der Waals surface area contributed by atoms with Gasteiger partial charge in [-0.25, -0.2) is 8.42 Å². The van der Waals surface area contributed by atoms with Gasteiger partial charge in [0.05, 0.1) is 4.90 Å². The Kier molecular flexibility index (Phi) is 4.69. The van der Waals surface area contributed by atoms with Gasteiger partial charge in [0.1, 0.15) is 5.75 Å². The molecular formula is C17H15ClN2O3S. The van der Waals surface area contributed by atoms with Crippen molar-refractivity contribution in [1.29, 1.82) is 0 Å². The Morgan fingerprint density at radius 2 is 1.71 bits per heavy atom. The molecule has 1 heterocycles. The summed E-state index contributed by atoms with van der Waals surface area (Å²) in [6, 6.07) is 13.7. The molecule has 0 aliphatic carbocycles. The first-order valence-electron chi connectivity index (χ1n) is 7.38. The van der Waals surface area contributed by atoms with E-state index in [1.165, 1.54) is 29.8 Å². The van der Waals surface area contributed by atoms with E-state index in [-0.39, 0.29) is 16.5 Å². The summed E-state index contributed by atoms with van der Waals surface area (Å²) >= 11 is 5.78. The fourth-order valence-corrected chi connectivity index (χ4v) is 3.51. The fourth-order valence-electron chi connectivity index (χ4n) is 2.21. The maximum atomic E-state index is 12.4. The zero-order valence-electron chi connectivity index (χ0n) is 12.9. The average molecular weight is 363 g/mol. The largest absolute Gasteiger partial charge is 0.334 e. The lowest BCUT2D eigenvalue weighted by atomic mass is 10.1. The summed E-state index contributed by atoms with van der Waals surface area (Å²) in [6.45, 7) is 2.07. The number of sulfone groups is 1. The van der Waals surface area contributed by atoms with E-state index in [9.17, 15) is 8.42 Å². The van der Waals surface area contributed by atoms with Crippen molar-refractivity contribution in [3.63, 3.8) is 0 Å². The highest BCUT2D eigenvalue weighted by atomic mass is 35.5. The molecule has 3 aromatic rings. The van der Waals surface area contributed by atoms with E-state index < -0.39 is 9.84 Å². The Morgan fingerprint density at radius 1 is 1.04 bits per heavy atom. The molecule has 3 rings (SSSR count). The van der Waals surface area contributed by atoms with Gasteiger partial charge in [0.15, 0.2) is 15.7 Å². The third-order valence-electron chi connectivity index (χ3n) is 3.57. The van der Waals surface area contributed by atoms with Gasteiger partial charge >= 0.3 is 0 Å². The molecule has 7 heteroatoms. The van der Waals surface area contributed by atoms with Crippen molar-refractivity contribution >= 4 is 21.4 Å². The highest BCUT2D eigenvalue weighted by Crippen LogP contribution is 2.21. The number of hydrogen-bond acceptors (Lipinski definition) is 5.